The molecule has 0 spiro atoms. The van der Waals surface area contributed by atoms with E-state index >= 15 is 0 Å². The van der Waals surface area contributed by atoms with Gasteiger partial charge in [-0.25, -0.2) is 0 Å². The lowest BCUT2D eigenvalue weighted by molar-refractivity contribution is -0.116. The number of likely N-dealkylation sites (N-methyl/N-ethyl adjacent to an activating group) is 1. The lowest BCUT2D eigenvalue weighted by Crippen LogP contribution is -2.44. The molecule has 2 heterocycles. The molecule has 4 heteroatoms. The van der Waals surface area contributed by atoms with Gasteiger partial charge in [0.2, 0.25) is 5.91 Å². The predicted octanol–water partition coefficient (Wildman–Crippen LogP) is 1.35. The zero-order valence-electron chi connectivity index (χ0n) is 11.7. The third-order valence-electron chi connectivity index (χ3n) is 4.21. The van der Waals surface area contributed by atoms with Crippen LogP contribution in [0, 0.1) is 0 Å². The fourth-order valence-electron chi connectivity index (χ4n) is 2.98. The van der Waals surface area contributed by atoms with Gasteiger partial charge in [0.05, 0.1) is 0 Å². The fraction of sp³-hybridized carbons (Fsp3) is 0.533. The smallest absolute Gasteiger partial charge is 0.223 e. The normalized spacial score (nSPS) is 19.7. The maximum Gasteiger partial charge on any atom is 0.223 e. The summed E-state index contributed by atoms with van der Waals surface area (Å²) in [5.41, 5.74) is 3.72. The molecule has 4 nitrogen and oxygen atoms in total. The Hall–Kier alpha value is -1.55. The number of fused-ring (bicyclic) bond motifs is 1. The second kappa shape index (κ2) is 4.85. The van der Waals surface area contributed by atoms with E-state index in [-0.39, 0.29) is 5.91 Å². The lowest BCUT2D eigenvalue weighted by atomic mass is 10.1. The minimum atomic E-state index is 0.145. The Morgan fingerprint density at radius 2 is 1.84 bits per heavy atom. The average Bonchev–Trinajstić information content (AvgIpc) is 2.82. The van der Waals surface area contributed by atoms with Crippen molar-refractivity contribution in [3.63, 3.8) is 0 Å². The maximum atomic E-state index is 11.5. The van der Waals surface area contributed by atoms with Crippen molar-refractivity contribution in [2.24, 2.45) is 0 Å². The number of hydrogen-bond acceptors (Lipinski definition) is 3. The summed E-state index contributed by atoms with van der Waals surface area (Å²) in [4.78, 5) is 18.2. The van der Waals surface area contributed by atoms with Crippen LogP contribution in [0.5, 0.6) is 0 Å². The summed E-state index contributed by atoms with van der Waals surface area (Å²) in [6.07, 6.45) is 0.983. The highest BCUT2D eigenvalue weighted by molar-refractivity contribution is 5.94. The molecule has 1 aromatic rings. The molecule has 0 radical (unpaired) electrons. The fourth-order valence-corrected chi connectivity index (χ4v) is 2.98. The highest BCUT2D eigenvalue weighted by atomic mass is 16.2. The number of piperazine rings is 1. The zero-order valence-corrected chi connectivity index (χ0v) is 11.7. The van der Waals surface area contributed by atoms with E-state index in [2.05, 4.69) is 35.0 Å². The van der Waals surface area contributed by atoms with Gasteiger partial charge in [0.1, 0.15) is 0 Å². The number of anilines is 2. The van der Waals surface area contributed by atoms with Crippen LogP contribution in [0.15, 0.2) is 18.2 Å². The number of carbonyl (C=O) groups is 1. The summed E-state index contributed by atoms with van der Waals surface area (Å²) in [6, 6.07) is 6.53. The summed E-state index contributed by atoms with van der Waals surface area (Å²) in [5, 5.41) is 0. The van der Waals surface area contributed by atoms with Crippen LogP contribution in [-0.2, 0) is 11.2 Å². The van der Waals surface area contributed by atoms with Crippen molar-refractivity contribution in [3.8, 4) is 0 Å². The van der Waals surface area contributed by atoms with E-state index in [0.29, 0.717) is 0 Å². The molecule has 2 aliphatic rings. The Morgan fingerprint density at radius 3 is 2.53 bits per heavy atom. The first-order chi connectivity index (χ1) is 9.15. The van der Waals surface area contributed by atoms with E-state index in [0.717, 1.165) is 44.8 Å². The van der Waals surface area contributed by atoms with Gasteiger partial charge in [-0.1, -0.05) is 0 Å². The Balaban J connectivity index is 1.81. The van der Waals surface area contributed by atoms with E-state index < -0.39 is 0 Å². The van der Waals surface area contributed by atoms with E-state index in [1.165, 1.54) is 11.3 Å². The first kappa shape index (κ1) is 12.5. The number of benzene rings is 1. The molecule has 102 valence electrons. The molecule has 0 atom stereocenters. The minimum absolute atomic E-state index is 0.145. The van der Waals surface area contributed by atoms with Crippen molar-refractivity contribution in [2.45, 2.75) is 13.3 Å². The van der Waals surface area contributed by atoms with Gasteiger partial charge in [-0.05, 0) is 37.2 Å². The summed E-state index contributed by atoms with van der Waals surface area (Å²) >= 11 is 0. The van der Waals surface area contributed by atoms with Crippen LogP contribution in [0.2, 0.25) is 0 Å². The van der Waals surface area contributed by atoms with Crippen molar-refractivity contribution >= 4 is 17.3 Å². The van der Waals surface area contributed by atoms with Crippen molar-refractivity contribution in [2.75, 3.05) is 49.6 Å². The Morgan fingerprint density at radius 1 is 1.11 bits per heavy atom. The molecular formula is C15H21N3O. The van der Waals surface area contributed by atoms with Gasteiger partial charge in [-0.3, -0.25) is 4.79 Å². The first-order valence-electron chi connectivity index (χ1n) is 6.99. The minimum Gasteiger partial charge on any atom is -0.369 e. The Bertz CT molecular complexity index is 492. The zero-order chi connectivity index (χ0) is 13.4. The molecule has 0 saturated carbocycles. The molecule has 1 amide bonds. The van der Waals surface area contributed by atoms with Crippen LogP contribution in [0.4, 0.5) is 11.4 Å². The van der Waals surface area contributed by atoms with Crippen molar-refractivity contribution in [1.29, 1.82) is 0 Å². The van der Waals surface area contributed by atoms with Gasteiger partial charge in [-0.2, -0.15) is 0 Å². The van der Waals surface area contributed by atoms with Crippen molar-refractivity contribution < 1.29 is 4.79 Å². The molecule has 1 aromatic carbocycles. The Labute approximate surface area is 114 Å². The van der Waals surface area contributed by atoms with Crippen LogP contribution in [0.1, 0.15) is 12.5 Å². The van der Waals surface area contributed by atoms with E-state index in [1.807, 2.05) is 4.90 Å². The molecule has 0 bridgehead atoms. The van der Waals surface area contributed by atoms with Crippen LogP contribution in [-0.4, -0.2) is 50.6 Å². The molecule has 1 fully saturated rings. The highest BCUT2D eigenvalue weighted by Crippen LogP contribution is 2.32. The van der Waals surface area contributed by atoms with E-state index in [1.54, 1.807) is 6.92 Å². The Kier molecular flexibility index (Phi) is 3.19. The maximum absolute atomic E-state index is 11.5. The van der Waals surface area contributed by atoms with Crippen molar-refractivity contribution in [1.82, 2.24) is 4.90 Å². The van der Waals surface area contributed by atoms with Gasteiger partial charge >= 0.3 is 0 Å². The predicted molar refractivity (Wildman–Crippen MR) is 77.9 cm³/mol. The van der Waals surface area contributed by atoms with E-state index in [9.17, 15) is 4.79 Å². The van der Waals surface area contributed by atoms with Gasteiger partial charge in [0.25, 0.3) is 0 Å². The number of amides is 1. The van der Waals surface area contributed by atoms with Gasteiger partial charge in [-0.15, -0.1) is 0 Å². The average molecular weight is 259 g/mol. The monoisotopic (exact) mass is 259 g/mol. The molecule has 0 aromatic heterocycles. The van der Waals surface area contributed by atoms with E-state index in [4.69, 9.17) is 0 Å². The highest BCUT2D eigenvalue weighted by Gasteiger charge is 2.23. The quantitative estimate of drug-likeness (QED) is 0.761. The summed E-state index contributed by atoms with van der Waals surface area (Å²) in [5.74, 6) is 0.145. The number of rotatable bonds is 1. The van der Waals surface area contributed by atoms with Crippen LogP contribution in [0.3, 0.4) is 0 Å². The van der Waals surface area contributed by atoms with Crippen molar-refractivity contribution in [3.05, 3.63) is 23.8 Å². The second-order valence-corrected chi connectivity index (χ2v) is 5.52. The molecule has 0 aliphatic carbocycles. The number of nitrogens with zero attached hydrogens (tertiary/aromatic N) is 3. The summed E-state index contributed by atoms with van der Waals surface area (Å²) < 4.78 is 0. The topological polar surface area (TPSA) is 26.8 Å². The molecule has 0 N–H and O–H groups in total. The molecule has 19 heavy (non-hydrogen) atoms. The lowest BCUT2D eigenvalue weighted by Gasteiger charge is -2.34. The molecule has 2 aliphatic heterocycles. The van der Waals surface area contributed by atoms with Crippen LogP contribution < -0.4 is 9.80 Å². The summed E-state index contributed by atoms with van der Waals surface area (Å²) in [6.45, 7) is 6.89. The molecular weight excluding hydrogens is 238 g/mol. The molecule has 0 unspecified atom stereocenters. The third kappa shape index (κ3) is 2.32. The SMILES string of the molecule is CC(=O)N1CCc2cc(N3CCN(C)CC3)ccc21. The van der Waals surface area contributed by atoms with Gasteiger partial charge < -0.3 is 14.7 Å². The second-order valence-electron chi connectivity index (χ2n) is 5.52. The third-order valence-corrected chi connectivity index (χ3v) is 4.21. The molecule has 1 saturated heterocycles. The number of carbonyl (C=O) groups excluding carboxylic acids is 1. The largest absolute Gasteiger partial charge is 0.369 e. The standard InChI is InChI=1S/C15H21N3O/c1-12(19)18-6-5-13-11-14(3-4-15(13)18)17-9-7-16(2)8-10-17/h3-4,11H,5-10H2,1-2H3. The first-order valence-corrected chi connectivity index (χ1v) is 6.99. The molecule has 3 rings (SSSR count). The van der Waals surface area contributed by atoms with Gasteiger partial charge in [0.15, 0.2) is 0 Å². The number of hydrogen-bond donors (Lipinski definition) is 0. The van der Waals surface area contributed by atoms with Crippen LogP contribution in [0.25, 0.3) is 0 Å². The van der Waals surface area contributed by atoms with Gasteiger partial charge in [0, 0.05) is 51.0 Å². The van der Waals surface area contributed by atoms with Crippen LogP contribution >= 0.6 is 0 Å². The summed E-state index contributed by atoms with van der Waals surface area (Å²) in [7, 11) is 2.17.